The molecule has 2 aromatic heterocycles. The Morgan fingerprint density at radius 2 is 1.89 bits per heavy atom. The van der Waals surface area contributed by atoms with Gasteiger partial charge in [-0.2, -0.15) is 0 Å². The highest BCUT2D eigenvalue weighted by Crippen LogP contribution is 2.34. The summed E-state index contributed by atoms with van der Waals surface area (Å²) in [7, 11) is 1.55. The topological polar surface area (TPSA) is 176 Å². The number of methoxy groups -OCH3 is 1. The largest absolute Gasteiger partial charge is 0.486 e. The Morgan fingerprint density at radius 3 is 2.58 bits per heavy atom. The SMILES string of the molecule is COCCO.NC(=O)CN(C(=O)c1ccc2c(c1)OCCO2)c1nc2ccc(-c3ccnc(N)n3)cc2s1. The minimum Gasteiger partial charge on any atom is -0.486 e. The van der Waals surface area contributed by atoms with Crippen LogP contribution in [0, 0.1) is 0 Å². The molecule has 0 saturated heterocycles. The van der Waals surface area contributed by atoms with E-state index in [4.69, 9.17) is 26.0 Å². The number of hydrogen-bond donors (Lipinski definition) is 3. The van der Waals surface area contributed by atoms with Crippen molar-refractivity contribution in [3.63, 3.8) is 0 Å². The number of fused-ring (bicyclic) bond motifs is 2. The summed E-state index contributed by atoms with van der Waals surface area (Å²) in [5.41, 5.74) is 13.6. The Kier molecular flexibility index (Phi) is 8.63. The number of nitrogens with zero attached hydrogens (tertiary/aromatic N) is 4. The van der Waals surface area contributed by atoms with Crippen LogP contribution in [0.5, 0.6) is 11.5 Å². The third-order valence-corrected chi connectivity index (χ3v) is 6.26. The van der Waals surface area contributed by atoms with E-state index in [0.717, 1.165) is 10.3 Å². The number of nitrogens with two attached hydrogens (primary N) is 2. The highest BCUT2D eigenvalue weighted by atomic mass is 32.1. The normalized spacial score (nSPS) is 11.9. The first kappa shape index (κ1) is 26.7. The second-order valence-electron chi connectivity index (χ2n) is 7.91. The summed E-state index contributed by atoms with van der Waals surface area (Å²) in [6.45, 7) is 1.09. The molecule has 0 bridgehead atoms. The summed E-state index contributed by atoms with van der Waals surface area (Å²) in [6, 6.07) is 12.2. The zero-order chi connectivity index (χ0) is 27.1. The van der Waals surface area contributed by atoms with Gasteiger partial charge in [-0.15, -0.1) is 0 Å². The molecule has 5 rings (SSSR count). The summed E-state index contributed by atoms with van der Waals surface area (Å²) in [5.74, 6) is 0.141. The van der Waals surface area contributed by atoms with Gasteiger partial charge < -0.3 is 30.8 Å². The van der Waals surface area contributed by atoms with Crippen LogP contribution in [0.3, 0.4) is 0 Å². The van der Waals surface area contributed by atoms with Crippen molar-refractivity contribution >= 4 is 44.4 Å². The number of aliphatic hydroxyl groups excluding tert-OH is 1. The molecule has 4 aromatic rings. The lowest BCUT2D eigenvalue weighted by Crippen LogP contribution is -2.38. The third kappa shape index (κ3) is 6.32. The molecule has 0 saturated carbocycles. The molecule has 0 aliphatic carbocycles. The number of thiazole rings is 1. The zero-order valence-electron chi connectivity index (χ0n) is 20.5. The molecule has 0 unspecified atom stereocenters. The van der Waals surface area contributed by atoms with Gasteiger partial charge in [0.25, 0.3) is 5.91 Å². The number of primary amides is 1. The van der Waals surface area contributed by atoms with E-state index in [1.807, 2.05) is 18.2 Å². The first-order valence-corrected chi connectivity index (χ1v) is 12.3. The maximum atomic E-state index is 13.3. The zero-order valence-corrected chi connectivity index (χ0v) is 21.3. The van der Waals surface area contributed by atoms with Crippen molar-refractivity contribution < 1.29 is 28.9 Å². The molecule has 3 heterocycles. The predicted molar refractivity (Wildman–Crippen MR) is 142 cm³/mol. The Balaban J connectivity index is 0.000000617. The van der Waals surface area contributed by atoms with Gasteiger partial charge in [0.2, 0.25) is 11.9 Å². The molecule has 1 aliphatic heterocycles. The van der Waals surface area contributed by atoms with Gasteiger partial charge >= 0.3 is 0 Å². The van der Waals surface area contributed by atoms with Gasteiger partial charge in [0, 0.05) is 24.4 Å². The quantitative estimate of drug-likeness (QED) is 0.315. The molecular formula is C25H26N6O6S. The monoisotopic (exact) mass is 538 g/mol. The number of aromatic nitrogens is 3. The third-order valence-electron chi connectivity index (χ3n) is 5.22. The van der Waals surface area contributed by atoms with E-state index in [9.17, 15) is 9.59 Å². The van der Waals surface area contributed by atoms with E-state index in [2.05, 4.69) is 19.7 Å². The first-order valence-electron chi connectivity index (χ1n) is 11.5. The number of rotatable bonds is 7. The molecule has 12 nitrogen and oxygen atoms in total. The molecule has 38 heavy (non-hydrogen) atoms. The molecule has 1 aliphatic rings. The number of ether oxygens (including phenoxy) is 3. The predicted octanol–water partition coefficient (Wildman–Crippen LogP) is 1.86. The van der Waals surface area contributed by atoms with Crippen molar-refractivity contribution in [2.75, 3.05) is 50.7 Å². The molecule has 2 aromatic carbocycles. The number of anilines is 2. The number of carbonyl (C=O) groups is 2. The minimum atomic E-state index is -0.655. The standard InChI is InChI=1S/C22H18N6O4S.C3H8O2/c23-19(29)11-28(20(30)13-2-4-16-17(9-13)32-8-7-31-16)22-27-15-3-1-12(10-18(15)33-22)14-5-6-25-21(24)26-14;1-5-3-2-4/h1-6,9-10H,7-8,11H2,(H2,23,29)(H2,24,25,26);4H,2-3H2,1H3. The summed E-state index contributed by atoms with van der Waals surface area (Å²) in [6.07, 6.45) is 1.58. The number of amides is 2. The maximum Gasteiger partial charge on any atom is 0.260 e. The van der Waals surface area contributed by atoms with Gasteiger partial charge in [-0.3, -0.25) is 14.5 Å². The number of hydrogen-bond acceptors (Lipinski definition) is 11. The summed E-state index contributed by atoms with van der Waals surface area (Å²) in [4.78, 5) is 39.1. The Morgan fingerprint density at radius 1 is 1.11 bits per heavy atom. The van der Waals surface area contributed by atoms with E-state index in [1.54, 1.807) is 37.6 Å². The summed E-state index contributed by atoms with van der Waals surface area (Å²) < 4.78 is 16.3. The Hall–Kier alpha value is -4.33. The molecule has 0 atom stereocenters. The van der Waals surface area contributed by atoms with Crippen LogP contribution in [0.15, 0.2) is 48.7 Å². The van der Waals surface area contributed by atoms with E-state index >= 15 is 0 Å². The number of nitrogen functional groups attached to an aromatic ring is 1. The van der Waals surface area contributed by atoms with Crippen LogP contribution < -0.4 is 25.8 Å². The van der Waals surface area contributed by atoms with Crippen molar-refractivity contribution in [1.29, 1.82) is 0 Å². The van der Waals surface area contributed by atoms with E-state index in [-0.39, 0.29) is 19.1 Å². The van der Waals surface area contributed by atoms with E-state index < -0.39 is 11.8 Å². The van der Waals surface area contributed by atoms with Gasteiger partial charge in [-0.25, -0.2) is 15.0 Å². The van der Waals surface area contributed by atoms with Crippen LogP contribution >= 0.6 is 11.3 Å². The van der Waals surface area contributed by atoms with Gasteiger partial charge in [-0.05, 0) is 36.4 Å². The minimum absolute atomic E-state index is 0.122. The van der Waals surface area contributed by atoms with E-state index in [0.29, 0.717) is 53.2 Å². The summed E-state index contributed by atoms with van der Waals surface area (Å²) >= 11 is 1.27. The molecule has 0 radical (unpaired) electrons. The molecule has 0 spiro atoms. The second kappa shape index (κ2) is 12.3. The lowest BCUT2D eigenvalue weighted by molar-refractivity contribution is -0.116. The van der Waals surface area contributed by atoms with E-state index in [1.165, 1.54) is 16.2 Å². The van der Waals surface area contributed by atoms with Gasteiger partial charge in [0.05, 0.1) is 29.1 Å². The highest BCUT2D eigenvalue weighted by Gasteiger charge is 2.25. The number of carbonyl (C=O) groups excluding carboxylic acids is 2. The van der Waals surface area contributed by atoms with Crippen molar-refractivity contribution in [2.45, 2.75) is 0 Å². The molecule has 2 amide bonds. The molecule has 5 N–H and O–H groups in total. The average molecular weight is 539 g/mol. The van der Waals surface area contributed by atoms with Crippen LogP contribution in [0.1, 0.15) is 10.4 Å². The van der Waals surface area contributed by atoms with Gasteiger partial charge in [0.15, 0.2) is 16.6 Å². The van der Waals surface area contributed by atoms with Crippen LogP contribution in [0.25, 0.3) is 21.5 Å². The number of benzene rings is 2. The van der Waals surface area contributed by atoms with Crippen LogP contribution in [-0.2, 0) is 9.53 Å². The van der Waals surface area contributed by atoms with Crippen LogP contribution in [-0.4, -0.2) is 72.0 Å². The van der Waals surface area contributed by atoms with Crippen LogP contribution in [0.4, 0.5) is 11.1 Å². The lowest BCUT2D eigenvalue weighted by Gasteiger charge is -2.21. The number of aliphatic hydroxyl groups is 1. The summed E-state index contributed by atoms with van der Waals surface area (Å²) in [5, 5.41) is 8.29. The second-order valence-corrected chi connectivity index (χ2v) is 8.92. The fourth-order valence-electron chi connectivity index (χ4n) is 3.53. The first-order chi connectivity index (χ1) is 18.4. The molecule has 13 heteroatoms. The van der Waals surface area contributed by atoms with Crippen molar-refractivity contribution in [3.05, 3.63) is 54.2 Å². The highest BCUT2D eigenvalue weighted by molar-refractivity contribution is 7.22. The Bertz CT molecular complexity index is 1440. The maximum absolute atomic E-state index is 13.3. The van der Waals surface area contributed by atoms with Crippen molar-refractivity contribution in [2.24, 2.45) is 5.73 Å². The molecular weight excluding hydrogens is 512 g/mol. The van der Waals surface area contributed by atoms with Crippen molar-refractivity contribution in [1.82, 2.24) is 15.0 Å². The smallest absolute Gasteiger partial charge is 0.260 e. The van der Waals surface area contributed by atoms with Gasteiger partial charge in [-0.1, -0.05) is 17.4 Å². The van der Waals surface area contributed by atoms with Gasteiger partial charge in [0.1, 0.15) is 19.8 Å². The Labute approximate surface area is 221 Å². The molecule has 198 valence electrons. The molecule has 0 fully saturated rings. The fraction of sp³-hybridized carbons (Fsp3) is 0.240. The van der Waals surface area contributed by atoms with Crippen molar-refractivity contribution in [3.8, 4) is 22.8 Å². The average Bonchev–Trinajstić information content (AvgIpc) is 3.35. The van der Waals surface area contributed by atoms with Crippen LogP contribution in [0.2, 0.25) is 0 Å². The lowest BCUT2D eigenvalue weighted by atomic mass is 10.1. The fourth-order valence-corrected chi connectivity index (χ4v) is 4.53.